The van der Waals surface area contributed by atoms with E-state index in [4.69, 9.17) is 4.74 Å². The van der Waals surface area contributed by atoms with Crippen molar-refractivity contribution in [3.63, 3.8) is 0 Å². The lowest BCUT2D eigenvalue weighted by Crippen LogP contribution is -2.22. The number of nitrogens with zero attached hydrogens (tertiary/aromatic N) is 3. The van der Waals surface area contributed by atoms with Crippen LogP contribution in [0.15, 0.2) is 59.8 Å². The number of sulfonamides is 1. The van der Waals surface area contributed by atoms with Crippen LogP contribution in [0, 0.1) is 11.3 Å². The first-order chi connectivity index (χ1) is 12.8. The fourth-order valence-corrected chi connectivity index (χ4v) is 3.58. The number of rotatable bonds is 5. The van der Waals surface area contributed by atoms with E-state index >= 15 is 0 Å². The third-order valence-corrected chi connectivity index (χ3v) is 5.89. The van der Waals surface area contributed by atoms with Crippen LogP contribution in [-0.2, 0) is 21.4 Å². The molecule has 138 valence electrons. The maximum atomic E-state index is 12.4. The highest BCUT2D eigenvalue weighted by Gasteiger charge is 2.19. The molecule has 0 bridgehead atoms. The van der Waals surface area contributed by atoms with E-state index < -0.39 is 16.0 Å². The van der Waals surface area contributed by atoms with Crippen molar-refractivity contribution in [1.29, 1.82) is 5.26 Å². The van der Waals surface area contributed by atoms with Crippen LogP contribution in [-0.4, -0.2) is 37.2 Å². The van der Waals surface area contributed by atoms with Crippen molar-refractivity contribution >= 4 is 21.5 Å². The average Bonchev–Trinajstić information content (AvgIpc) is 3.03. The Labute approximate surface area is 157 Å². The summed E-state index contributed by atoms with van der Waals surface area (Å²) < 4.78 is 32.6. The van der Waals surface area contributed by atoms with E-state index in [-0.39, 0.29) is 17.1 Å². The van der Waals surface area contributed by atoms with Gasteiger partial charge in [0.05, 0.1) is 21.5 Å². The maximum Gasteiger partial charge on any atom is 0.338 e. The molecule has 7 nitrogen and oxygen atoms in total. The van der Waals surface area contributed by atoms with Gasteiger partial charge in [0.2, 0.25) is 10.0 Å². The molecule has 1 aromatic carbocycles. The molecule has 8 heteroatoms. The Morgan fingerprint density at radius 2 is 2.00 bits per heavy atom. The number of carbonyl (C=O) groups is 1. The van der Waals surface area contributed by atoms with Crippen LogP contribution in [0.25, 0.3) is 5.52 Å². The van der Waals surface area contributed by atoms with E-state index in [9.17, 15) is 18.5 Å². The standard InChI is InChI=1S/C19H17N3O4S/c1-21(2)27(24,25)16-7-5-6-14(10-16)19(23)26-13-15-12-22-9-4-3-8-18(22)17(15)11-20/h3-10,12H,13H2,1-2H3. The number of benzene rings is 1. The molecule has 2 aromatic heterocycles. The van der Waals surface area contributed by atoms with Crippen LogP contribution in [0.2, 0.25) is 0 Å². The molecule has 0 aliphatic heterocycles. The summed E-state index contributed by atoms with van der Waals surface area (Å²) >= 11 is 0. The van der Waals surface area contributed by atoms with Gasteiger partial charge in [0.1, 0.15) is 12.7 Å². The van der Waals surface area contributed by atoms with Gasteiger partial charge in [0.25, 0.3) is 0 Å². The second kappa shape index (κ2) is 7.23. The lowest BCUT2D eigenvalue weighted by molar-refractivity contribution is 0.0472. The largest absolute Gasteiger partial charge is 0.457 e. The zero-order valence-electron chi connectivity index (χ0n) is 14.8. The molecule has 3 aromatic rings. The van der Waals surface area contributed by atoms with Crippen molar-refractivity contribution in [2.45, 2.75) is 11.5 Å². The molecule has 0 unspecified atom stereocenters. The molecular formula is C19H17N3O4S. The molecule has 0 radical (unpaired) electrons. The van der Waals surface area contributed by atoms with Crippen LogP contribution >= 0.6 is 0 Å². The summed E-state index contributed by atoms with van der Waals surface area (Å²) in [7, 11) is -0.813. The Hall–Kier alpha value is -3.15. The van der Waals surface area contributed by atoms with Crippen LogP contribution in [0.4, 0.5) is 0 Å². The van der Waals surface area contributed by atoms with Gasteiger partial charge in [-0.05, 0) is 30.3 Å². The molecular weight excluding hydrogens is 366 g/mol. The van der Waals surface area contributed by atoms with Crippen molar-refractivity contribution in [2.24, 2.45) is 0 Å². The fraction of sp³-hybridized carbons (Fsp3) is 0.158. The number of aromatic nitrogens is 1. The van der Waals surface area contributed by atoms with E-state index in [1.54, 1.807) is 22.9 Å². The molecule has 0 saturated heterocycles. The number of carbonyl (C=O) groups excluding carboxylic acids is 1. The highest BCUT2D eigenvalue weighted by Crippen LogP contribution is 2.20. The minimum atomic E-state index is -3.65. The highest BCUT2D eigenvalue weighted by atomic mass is 32.2. The number of hydrogen-bond donors (Lipinski definition) is 0. The van der Waals surface area contributed by atoms with Crippen molar-refractivity contribution < 1.29 is 17.9 Å². The number of hydrogen-bond acceptors (Lipinski definition) is 5. The van der Waals surface area contributed by atoms with Gasteiger partial charge >= 0.3 is 5.97 Å². The Morgan fingerprint density at radius 3 is 2.70 bits per heavy atom. The van der Waals surface area contributed by atoms with Crippen molar-refractivity contribution in [3.05, 3.63) is 71.5 Å². The molecule has 0 amide bonds. The highest BCUT2D eigenvalue weighted by molar-refractivity contribution is 7.89. The van der Waals surface area contributed by atoms with Gasteiger partial charge in [-0.2, -0.15) is 5.26 Å². The quantitative estimate of drug-likeness (QED) is 0.631. The summed E-state index contributed by atoms with van der Waals surface area (Å²) in [5, 5.41) is 9.39. The first kappa shape index (κ1) is 18.6. The predicted molar refractivity (Wildman–Crippen MR) is 98.5 cm³/mol. The summed E-state index contributed by atoms with van der Waals surface area (Å²) in [5.41, 5.74) is 1.87. The minimum Gasteiger partial charge on any atom is -0.457 e. The normalized spacial score (nSPS) is 11.5. The molecule has 0 saturated carbocycles. The first-order valence-corrected chi connectivity index (χ1v) is 9.47. The van der Waals surface area contributed by atoms with Crippen LogP contribution in [0.3, 0.4) is 0 Å². The first-order valence-electron chi connectivity index (χ1n) is 8.03. The molecule has 0 aliphatic rings. The Kier molecular flexibility index (Phi) is 4.99. The van der Waals surface area contributed by atoms with Crippen LogP contribution in [0.1, 0.15) is 21.5 Å². The summed E-state index contributed by atoms with van der Waals surface area (Å²) in [6, 6.07) is 13.3. The van der Waals surface area contributed by atoms with E-state index in [1.807, 2.05) is 12.1 Å². The third-order valence-electron chi connectivity index (χ3n) is 4.08. The molecule has 0 fully saturated rings. The van der Waals surface area contributed by atoms with Gasteiger partial charge in [-0.15, -0.1) is 0 Å². The number of nitriles is 1. The van der Waals surface area contributed by atoms with Gasteiger partial charge in [-0.3, -0.25) is 0 Å². The summed E-state index contributed by atoms with van der Waals surface area (Å²) in [4.78, 5) is 12.4. The van der Waals surface area contributed by atoms with Gasteiger partial charge in [0, 0.05) is 32.1 Å². The van der Waals surface area contributed by atoms with E-state index in [0.29, 0.717) is 11.1 Å². The predicted octanol–water partition coefficient (Wildman–Crippen LogP) is 2.42. The molecule has 27 heavy (non-hydrogen) atoms. The van der Waals surface area contributed by atoms with Crippen molar-refractivity contribution in [1.82, 2.24) is 8.71 Å². The lowest BCUT2D eigenvalue weighted by atomic mass is 10.2. The van der Waals surface area contributed by atoms with E-state index in [1.165, 1.54) is 38.4 Å². The smallest absolute Gasteiger partial charge is 0.338 e. The maximum absolute atomic E-state index is 12.4. The van der Waals surface area contributed by atoms with Gasteiger partial charge in [-0.25, -0.2) is 17.5 Å². The second-order valence-corrected chi connectivity index (χ2v) is 8.18. The average molecular weight is 383 g/mol. The fourth-order valence-electron chi connectivity index (χ4n) is 2.64. The van der Waals surface area contributed by atoms with Crippen LogP contribution in [0.5, 0.6) is 0 Å². The van der Waals surface area contributed by atoms with Crippen molar-refractivity contribution in [3.8, 4) is 6.07 Å². The number of fused-ring (bicyclic) bond motifs is 1. The van der Waals surface area contributed by atoms with Gasteiger partial charge in [-0.1, -0.05) is 12.1 Å². The molecule has 0 aliphatic carbocycles. The summed E-state index contributed by atoms with van der Waals surface area (Å²) in [6.07, 6.45) is 3.53. The summed E-state index contributed by atoms with van der Waals surface area (Å²) in [6.45, 7) is -0.0892. The third kappa shape index (κ3) is 3.56. The number of pyridine rings is 1. The summed E-state index contributed by atoms with van der Waals surface area (Å²) in [5.74, 6) is -0.662. The molecule has 3 rings (SSSR count). The Bertz CT molecular complexity index is 1160. The monoisotopic (exact) mass is 383 g/mol. The minimum absolute atomic E-state index is 0.00858. The lowest BCUT2D eigenvalue weighted by Gasteiger charge is -2.12. The van der Waals surface area contributed by atoms with Crippen molar-refractivity contribution in [2.75, 3.05) is 14.1 Å². The van der Waals surface area contributed by atoms with E-state index in [0.717, 1.165) is 9.82 Å². The molecule has 0 N–H and O–H groups in total. The van der Waals surface area contributed by atoms with Gasteiger partial charge in [0.15, 0.2) is 0 Å². The zero-order valence-corrected chi connectivity index (χ0v) is 15.6. The molecule has 0 spiro atoms. The Balaban J connectivity index is 1.83. The van der Waals surface area contributed by atoms with Gasteiger partial charge < -0.3 is 9.14 Å². The molecule has 2 heterocycles. The zero-order chi connectivity index (χ0) is 19.6. The topological polar surface area (TPSA) is 91.9 Å². The second-order valence-electron chi connectivity index (χ2n) is 6.03. The van der Waals surface area contributed by atoms with Crippen LogP contribution < -0.4 is 0 Å². The molecule has 0 atom stereocenters. The SMILES string of the molecule is CN(C)S(=O)(=O)c1cccc(C(=O)OCc2cn3ccccc3c2C#N)c1. The van der Waals surface area contributed by atoms with E-state index in [2.05, 4.69) is 6.07 Å². The Morgan fingerprint density at radius 1 is 1.22 bits per heavy atom. The number of ether oxygens (including phenoxy) is 1. The number of esters is 1.